The minimum atomic E-state index is -1.60. The summed E-state index contributed by atoms with van der Waals surface area (Å²) in [6.45, 7) is 4.63. The van der Waals surface area contributed by atoms with Gasteiger partial charge >= 0.3 is 0 Å². The number of hydrogen-bond donors (Lipinski definition) is 1. The Kier molecular flexibility index (Phi) is 2.66. The van der Waals surface area contributed by atoms with Crippen LogP contribution in [-0.4, -0.2) is 10.1 Å². The Bertz CT molecular complexity index is 279. The molecule has 1 aromatic heterocycles. The minimum Gasteiger partial charge on any atom is -0.336 e. The normalized spacial score (nSPS) is 14.5. The van der Waals surface area contributed by atoms with Crippen LogP contribution in [0.1, 0.15) is 44.9 Å². The van der Waals surface area contributed by atoms with E-state index in [0.717, 1.165) is 0 Å². The van der Waals surface area contributed by atoms with E-state index in [1.165, 1.54) is 13.8 Å². The van der Waals surface area contributed by atoms with Crippen LogP contribution in [0, 0.1) is 0 Å². The molecule has 2 N–H and O–H groups in total. The molecule has 1 aromatic rings. The second-order valence-electron chi connectivity index (χ2n) is 3.44. The third-order valence-corrected chi connectivity index (χ3v) is 1.72. The Balaban J connectivity index is 2.87. The SMILES string of the molecule is CCC(N)c1noc(C(C)(C)F)n1. The molecule has 1 heterocycles. The molecule has 0 spiro atoms. The van der Waals surface area contributed by atoms with Crippen molar-refractivity contribution in [3.63, 3.8) is 0 Å². The smallest absolute Gasteiger partial charge is 0.263 e. The van der Waals surface area contributed by atoms with Crippen molar-refractivity contribution in [2.45, 2.75) is 38.9 Å². The first-order valence-corrected chi connectivity index (χ1v) is 4.23. The van der Waals surface area contributed by atoms with Gasteiger partial charge < -0.3 is 10.3 Å². The average molecular weight is 187 g/mol. The summed E-state index contributed by atoms with van der Waals surface area (Å²) in [5.41, 5.74) is 4.04. The van der Waals surface area contributed by atoms with Crippen molar-refractivity contribution in [2.24, 2.45) is 5.73 Å². The van der Waals surface area contributed by atoms with Crippen LogP contribution in [0.2, 0.25) is 0 Å². The molecule has 4 nitrogen and oxygen atoms in total. The van der Waals surface area contributed by atoms with Gasteiger partial charge in [-0.1, -0.05) is 12.1 Å². The van der Waals surface area contributed by atoms with Crippen molar-refractivity contribution < 1.29 is 8.91 Å². The van der Waals surface area contributed by atoms with Gasteiger partial charge in [-0.2, -0.15) is 4.98 Å². The molecule has 0 aromatic carbocycles. The van der Waals surface area contributed by atoms with Gasteiger partial charge in [-0.25, -0.2) is 4.39 Å². The van der Waals surface area contributed by atoms with Gasteiger partial charge in [0.15, 0.2) is 11.5 Å². The molecule has 0 saturated carbocycles. The van der Waals surface area contributed by atoms with Gasteiger partial charge in [0.2, 0.25) is 0 Å². The summed E-state index contributed by atoms with van der Waals surface area (Å²) in [5.74, 6) is 0.342. The lowest BCUT2D eigenvalue weighted by atomic mass is 10.2. The van der Waals surface area contributed by atoms with Crippen LogP contribution in [-0.2, 0) is 5.67 Å². The number of nitrogens with two attached hydrogens (primary N) is 1. The molecule has 0 aliphatic heterocycles. The largest absolute Gasteiger partial charge is 0.336 e. The van der Waals surface area contributed by atoms with Gasteiger partial charge in [0.05, 0.1) is 6.04 Å². The summed E-state index contributed by atoms with van der Waals surface area (Å²) in [6, 6.07) is -0.278. The second kappa shape index (κ2) is 3.41. The standard InChI is InChI=1S/C8H14FN3O/c1-4-5(10)6-11-7(13-12-6)8(2,3)9/h5H,4,10H2,1-3H3. The monoisotopic (exact) mass is 187 g/mol. The first-order chi connectivity index (χ1) is 5.95. The maximum atomic E-state index is 13.3. The maximum absolute atomic E-state index is 13.3. The quantitative estimate of drug-likeness (QED) is 0.781. The van der Waals surface area contributed by atoms with E-state index in [2.05, 4.69) is 10.1 Å². The molecule has 0 saturated heterocycles. The molecule has 1 unspecified atom stereocenters. The second-order valence-corrected chi connectivity index (χ2v) is 3.44. The molecular formula is C8H14FN3O. The molecule has 5 heteroatoms. The van der Waals surface area contributed by atoms with Gasteiger partial charge in [-0.05, 0) is 20.3 Å². The predicted molar refractivity (Wildman–Crippen MR) is 45.7 cm³/mol. The van der Waals surface area contributed by atoms with Gasteiger partial charge in [0, 0.05) is 0 Å². The van der Waals surface area contributed by atoms with Gasteiger partial charge in [0.1, 0.15) is 0 Å². The molecule has 0 aliphatic rings. The number of aromatic nitrogens is 2. The van der Waals surface area contributed by atoms with Crippen molar-refractivity contribution in [2.75, 3.05) is 0 Å². The summed E-state index contributed by atoms with van der Waals surface area (Å²) in [4.78, 5) is 3.87. The van der Waals surface area contributed by atoms with Crippen LogP contribution < -0.4 is 5.73 Å². The van der Waals surface area contributed by atoms with E-state index in [1.807, 2.05) is 6.92 Å². The first-order valence-electron chi connectivity index (χ1n) is 4.23. The Morgan fingerprint density at radius 3 is 2.62 bits per heavy atom. The van der Waals surface area contributed by atoms with Crippen molar-refractivity contribution in [3.8, 4) is 0 Å². The van der Waals surface area contributed by atoms with Crippen LogP contribution in [0.3, 0.4) is 0 Å². The molecule has 0 radical (unpaired) electrons. The number of hydrogen-bond acceptors (Lipinski definition) is 4. The van der Waals surface area contributed by atoms with E-state index in [9.17, 15) is 4.39 Å². The molecule has 1 rings (SSSR count). The highest BCUT2D eigenvalue weighted by Gasteiger charge is 2.27. The first kappa shape index (κ1) is 10.1. The van der Waals surface area contributed by atoms with E-state index in [-0.39, 0.29) is 11.9 Å². The maximum Gasteiger partial charge on any atom is 0.263 e. The molecule has 13 heavy (non-hydrogen) atoms. The van der Waals surface area contributed by atoms with Crippen LogP contribution >= 0.6 is 0 Å². The Hall–Kier alpha value is -0.970. The molecule has 0 aliphatic carbocycles. The topological polar surface area (TPSA) is 64.9 Å². The van der Waals surface area contributed by atoms with Crippen molar-refractivity contribution in [3.05, 3.63) is 11.7 Å². The highest BCUT2D eigenvalue weighted by molar-refractivity contribution is 4.98. The molecule has 0 bridgehead atoms. The summed E-state index contributed by atoms with van der Waals surface area (Å²) in [5, 5.41) is 3.60. The van der Waals surface area contributed by atoms with Crippen LogP contribution in [0.4, 0.5) is 4.39 Å². The van der Waals surface area contributed by atoms with Crippen molar-refractivity contribution >= 4 is 0 Å². The average Bonchev–Trinajstić information content (AvgIpc) is 2.50. The minimum absolute atomic E-state index is 0.0219. The number of nitrogens with zero attached hydrogens (tertiary/aromatic N) is 2. The fourth-order valence-corrected chi connectivity index (χ4v) is 0.810. The van der Waals surface area contributed by atoms with Crippen LogP contribution in [0.15, 0.2) is 4.52 Å². The fraction of sp³-hybridized carbons (Fsp3) is 0.750. The van der Waals surface area contributed by atoms with E-state index in [4.69, 9.17) is 10.3 Å². The van der Waals surface area contributed by atoms with Crippen molar-refractivity contribution in [1.29, 1.82) is 0 Å². The van der Waals surface area contributed by atoms with E-state index < -0.39 is 5.67 Å². The van der Waals surface area contributed by atoms with Gasteiger partial charge in [0.25, 0.3) is 5.89 Å². The summed E-state index contributed by atoms with van der Waals surface area (Å²) >= 11 is 0. The zero-order chi connectivity index (χ0) is 10.1. The molecule has 74 valence electrons. The highest BCUT2D eigenvalue weighted by Crippen LogP contribution is 2.23. The molecule has 1 atom stereocenters. The van der Waals surface area contributed by atoms with E-state index in [0.29, 0.717) is 12.2 Å². The van der Waals surface area contributed by atoms with Crippen LogP contribution in [0.5, 0.6) is 0 Å². The van der Waals surface area contributed by atoms with Gasteiger partial charge in [-0.3, -0.25) is 0 Å². The predicted octanol–water partition coefficient (Wildman–Crippen LogP) is 1.68. The number of alkyl halides is 1. The summed E-state index contributed by atoms with van der Waals surface area (Å²) in [7, 11) is 0. The Labute approximate surface area is 76.3 Å². The zero-order valence-corrected chi connectivity index (χ0v) is 8.04. The summed E-state index contributed by atoms with van der Waals surface area (Å²) in [6.07, 6.45) is 0.700. The third-order valence-electron chi connectivity index (χ3n) is 1.72. The zero-order valence-electron chi connectivity index (χ0n) is 8.04. The number of halogens is 1. The summed E-state index contributed by atoms with van der Waals surface area (Å²) < 4.78 is 18.0. The molecule has 0 fully saturated rings. The molecule has 0 amide bonds. The fourth-order valence-electron chi connectivity index (χ4n) is 0.810. The Morgan fingerprint density at radius 2 is 2.23 bits per heavy atom. The molecular weight excluding hydrogens is 173 g/mol. The number of rotatable bonds is 3. The lowest BCUT2D eigenvalue weighted by molar-refractivity contribution is 0.155. The third kappa shape index (κ3) is 2.24. The van der Waals surface area contributed by atoms with Crippen LogP contribution in [0.25, 0.3) is 0 Å². The lowest BCUT2D eigenvalue weighted by Crippen LogP contribution is -2.13. The van der Waals surface area contributed by atoms with E-state index in [1.54, 1.807) is 0 Å². The van der Waals surface area contributed by atoms with E-state index >= 15 is 0 Å². The Morgan fingerprint density at radius 1 is 1.62 bits per heavy atom. The van der Waals surface area contributed by atoms with Gasteiger partial charge in [-0.15, -0.1) is 0 Å². The lowest BCUT2D eigenvalue weighted by Gasteiger charge is -2.06. The van der Waals surface area contributed by atoms with Crippen molar-refractivity contribution in [1.82, 2.24) is 10.1 Å². The highest BCUT2D eigenvalue weighted by atomic mass is 19.1.